The molecule has 1 aromatic rings. The Morgan fingerprint density at radius 3 is 2.94 bits per heavy atom. The first-order valence-corrected chi connectivity index (χ1v) is 5.67. The highest BCUT2D eigenvalue weighted by atomic mass is 35.5. The molecular weight excluding hydrogens is 247 g/mol. The maximum atomic E-state index is 13.5. The predicted molar refractivity (Wildman–Crippen MR) is 61.9 cm³/mol. The second-order valence-corrected chi connectivity index (χ2v) is 4.60. The van der Waals surface area contributed by atoms with E-state index in [4.69, 9.17) is 21.1 Å². The summed E-state index contributed by atoms with van der Waals surface area (Å²) in [6, 6.07) is 1.29. The molecule has 0 amide bonds. The molecule has 0 spiro atoms. The number of nitrogens with zero attached hydrogens (tertiary/aromatic N) is 2. The number of likely N-dealkylation sites (N-methyl/N-ethyl adjacent to an activating group) is 1. The second kappa shape index (κ2) is 5.16. The normalized spacial score (nSPS) is 24.3. The van der Waals surface area contributed by atoms with E-state index in [0.717, 1.165) is 0 Å². The van der Waals surface area contributed by atoms with Crippen LogP contribution in [0.25, 0.3) is 0 Å². The van der Waals surface area contributed by atoms with Crippen LogP contribution in [-0.2, 0) is 4.74 Å². The number of hydrogen-bond acceptors (Lipinski definition) is 4. The number of halogens is 2. The largest absolute Gasteiger partial charge is 0.468 e. The van der Waals surface area contributed by atoms with Crippen LogP contribution in [0.5, 0.6) is 5.88 Å². The van der Waals surface area contributed by atoms with Gasteiger partial charge in [-0.3, -0.25) is 0 Å². The molecule has 17 heavy (non-hydrogen) atoms. The quantitative estimate of drug-likeness (QED) is 0.827. The standard InChI is InChI=1S/C11H14ClFN2O2/c1-15(2)9-5-16-6-10(9)17-11-8(13)3-7(12)4-14-11/h3-4,9-10H,5-6H2,1-2H3. The molecule has 2 rings (SSSR count). The molecule has 1 aliphatic rings. The van der Waals surface area contributed by atoms with Gasteiger partial charge in [-0.1, -0.05) is 11.6 Å². The molecule has 0 radical (unpaired) electrons. The van der Waals surface area contributed by atoms with E-state index in [1.54, 1.807) is 0 Å². The summed E-state index contributed by atoms with van der Waals surface area (Å²) in [5, 5.41) is 0.252. The molecule has 6 heteroatoms. The minimum Gasteiger partial charge on any atom is -0.468 e. The fraction of sp³-hybridized carbons (Fsp3) is 0.545. The van der Waals surface area contributed by atoms with E-state index in [9.17, 15) is 4.39 Å². The Kier molecular flexibility index (Phi) is 3.81. The Balaban J connectivity index is 2.09. The Hall–Kier alpha value is -0.910. The smallest absolute Gasteiger partial charge is 0.250 e. The average molecular weight is 261 g/mol. The molecule has 2 unspecified atom stereocenters. The van der Waals surface area contributed by atoms with Crippen molar-refractivity contribution in [3.63, 3.8) is 0 Å². The minimum atomic E-state index is -0.554. The van der Waals surface area contributed by atoms with Crippen LogP contribution in [0.3, 0.4) is 0 Å². The molecular formula is C11H14ClFN2O2. The van der Waals surface area contributed by atoms with E-state index >= 15 is 0 Å². The van der Waals surface area contributed by atoms with Crippen LogP contribution in [0.1, 0.15) is 0 Å². The van der Waals surface area contributed by atoms with Crippen LogP contribution < -0.4 is 4.74 Å². The third-order valence-electron chi connectivity index (χ3n) is 2.70. The Bertz CT molecular complexity index is 403. The van der Waals surface area contributed by atoms with Gasteiger partial charge in [0.1, 0.15) is 6.10 Å². The summed E-state index contributed by atoms with van der Waals surface area (Å²) in [4.78, 5) is 5.82. The molecule has 2 heterocycles. The molecule has 1 aliphatic heterocycles. The van der Waals surface area contributed by atoms with Crippen molar-refractivity contribution in [2.45, 2.75) is 12.1 Å². The predicted octanol–water partition coefficient (Wildman–Crippen LogP) is 1.58. The number of hydrogen-bond donors (Lipinski definition) is 0. The third kappa shape index (κ3) is 2.86. The molecule has 0 N–H and O–H groups in total. The van der Waals surface area contributed by atoms with Gasteiger partial charge < -0.3 is 14.4 Å². The van der Waals surface area contributed by atoms with Gasteiger partial charge in [0.15, 0.2) is 5.82 Å². The Morgan fingerprint density at radius 1 is 1.53 bits per heavy atom. The first-order chi connectivity index (χ1) is 8.08. The number of pyridine rings is 1. The molecule has 0 saturated carbocycles. The summed E-state index contributed by atoms with van der Waals surface area (Å²) in [6.07, 6.45) is 1.15. The van der Waals surface area contributed by atoms with Gasteiger partial charge in [0.05, 0.1) is 24.3 Å². The number of rotatable bonds is 3. The lowest BCUT2D eigenvalue weighted by Gasteiger charge is -2.24. The zero-order valence-electron chi connectivity index (χ0n) is 9.69. The van der Waals surface area contributed by atoms with E-state index in [1.165, 1.54) is 12.3 Å². The fourth-order valence-corrected chi connectivity index (χ4v) is 1.89. The molecule has 94 valence electrons. The van der Waals surface area contributed by atoms with Crippen molar-refractivity contribution >= 4 is 11.6 Å². The second-order valence-electron chi connectivity index (χ2n) is 4.17. The summed E-state index contributed by atoms with van der Waals surface area (Å²) >= 11 is 5.62. The number of ether oxygens (including phenoxy) is 2. The van der Waals surface area contributed by atoms with Gasteiger partial charge in [-0.15, -0.1) is 0 Å². The van der Waals surface area contributed by atoms with Gasteiger partial charge in [-0.2, -0.15) is 0 Å². The van der Waals surface area contributed by atoms with Gasteiger partial charge in [-0.05, 0) is 20.2 Å². The van der Waals surface area contributed by atoms with Crippen molar-refractivity contribution in [2.75, 3.05) is 27.3 Å². The molecule has 0 aromatic carbocycles. The summed E-state index contributed by atoms with van der Waals surface area (Å²) < 4.78 is 24.4. The fourth-order valence-electron chi connectivity index (χ4n) is 1.75. The lowest BCUT2D eigenvalue weighted by molar-refractivity contribution is 0.117. The van der Waals surface area contributed by atoms with Gasteiger partial charge in [0, 0.05) is 6.20 Å². The van der Waals surface area contributed by atoms with Crippen molar-refractivity contribution in [3.8, 4) is 5.88 Å². The van der Waals surface area contributed by atoms with Gasteiger partial charge in [-0.25, -0.2) is 9.37 Å². The zero-order chi connectivity index (χ0) is 12.4. The van der Waals surface area contributed by atoms with Crippen LogP contribution in [0.2, 0.25) is 5.02 Å². The van der Waals surface area contributed by atoms with Crippen LogP contribution in [0.15, 0.2) is 12.3 Å². The lowest BCUT2D eigenvalue weighted by Crippen LogP contribution is -2.41. The highest BCUT2D eigenvalue weighted by Crippen LogP contribution is 2.22. The van der Waals surface area contributed by atoms with Crippen molar-refractivity contribution in [2.24, 2.45) is 0 Å². The zero-order valence-corrected chi connectivity index (χ0v) is 10.4. The summed E-state index contributed by atoms with van der Waals surface area (Å²) in [6.45, 7) is 1.01. The average Bonchev–Trinajstić information content (AvgIpc) is 2.70. The summed E-state index contributed by atoms with van der Waals surface area (Å²) in [5.41, 5.74) is 0. The molecule has 4 nitrogen and oxygen atoms in total. The summed E-state index contributed by atoms with van der Waals surface area (Å²) in [7, 11) is 3.86. The van der Waals surface area contributed by atoms with Crippen molar-refractivity contribution < 1.29 is 13.9 Å². The van der Waals surface area contributed by atoms with E-state index in [0.29, 0.717) is 13.2 Å². The van der Waals surface area contributed by atoms with E-state index in [2.05, 4.69) is 4.98 Å². The van der Waals surface area contributed by atoms with Crippen LogP contribution in [0.4, 0.5) is 4.39 Å². The van der Waals surface area contributed by atoms with Crippen LogP contribution >= 0.6 is 11.6 Å². The Morgan fingerprint density at radius 2 is 2.29 bits per heavy atom. The van der Waals surface area contributed by atoms with E-state index in [-0.39, 0.29) is 23.0 Å². The lowest BCUT2D eigenvalue weighted by atomic mass is 10.2. The maximum Gasteiger partial charge on any atom is 0.250 e. The van der Waals surface area contributed by atoms with Crippen molar-refractivity contribution in [3.05, 3.63) is 23.1 Å². The highest BCUT2D eigenvalue weighted by molar-refractivity contribution is 6.30. The third-order valence-corrected chi connectivity index (χ3v) is 2.91. The molecule has 1 fully saturated rings. The Labute approximate surface area is 104 Å². The SMILES string of the molecule is CN(C)C1COCC1Oc1ncc(Cl)cc1F. The first-order valence-electron chi connectivity index (χ1n) is 5.30. The molecule has 0 aliphatic carbocycles. The molecule has 2 atom stereocenters. The van der Waals surface area contributed by atoms with Crippen molar-refractivity contribution in [1.29, 1.82) is 0 Å². The summed E-state index contributed by atoms with van der Waals surface area (Å²) in [5.74, 6) is -0.585. The molecule has 1 aromatic heterocycles. The van der Waals surface area contributed by atoms with Gasteiger partial charge in [0.25, 0.3) is 5.88 Å². The van der Waals surface area contributed by atoms with Gasteiger partial charge >= 0.3 is 0 Å². The highest BCUT2D eigenvalue weighted by Gasteiger charge is 2.32. The van der Waals surface area contributed by atoms with E-state index in [1.807, 2.05) is 19.0 Å². The molecule has 0 bridgehead atoms. The minimum absolute atomic E-state index is 0.0308. The monoisotopic (exact) mass is 260 g/mol. The maximum absolute atomic E-state index is 13.5. The topological polar surface area (TPSA) is 34.6 Å². The van der Waals surface area contributed by atoms with Crippen molar-refractivity contribution in [1.82, 2.24) is 9.88 Å². The van der Waals surface area contributed by atoms with E-state index < -0.39 is 5.82 Å². The first kappa shape index (κ1) is 12.5. The van der Waals surface area contributed by atoms with Crippen LogP contribution in [-0.4, -0.2) is 49.3 Å². The van der Waals surface area contributed by atoms with Gasteiger partial charge in [0.2, 0.25) is 0 Å². The number of aromatic nitrogens is 1. The van der Waals surface area contributed by atoms with Crippen LogP contribution in [0, 0.1) is 5.82 Å². The molecule has 1 saturated heterocycles.